The summed E-state index contributed by atoms with van der Waals surface area (Å²) in [6.45, 7) is 8.19. The third kappa shape index (κ3) is 2.48. The molecule has 0 radical (unpaired) electrons. The van der Waals surface area contributed by atoms with Gasteiger partial charge in [0.1, 0.15) is 5.92 Å². The highest BCUT2D eigenvalue weighted by Gasteiger charge is 2.36. The summed E-state index contributed by atoms with van der Waals surface area (Å²) in [5.41, 5.74) is 2.83. The Kier molecular flexibility index (Phi) is 3.88. The minimum absolute atomic E-state index is 0.0606. The molecule has 1 unspecified atom stereocenters. The second kappa shape index (κ2) is 5.43. The molecule has 0 spiro atoms. The second-order valence-corrected chi connectivity index (χ2v) is 4.92. The fraction of sp³-hybridized carbons (Fsp3) is 0.333. The van der Waals surface area contributed by atoms with Crippen LogP contribution in [0, 0.1) is 12.8 Å². The standard InChI is InChI=1S/C15H18BNO2/c1-4-17-8-7-13(15(17)19)14(18)12-6-5-11(16-3)9-10(12)2/h4-6,9,13,16H,1,7-8H2,2-3H3. The van der Waals surface area contributed by atoms with Gasteiger partial charge in [-0.2, -0.15) is 0 Å². The molecule has 1 aromatic carbocycles. The normalized spacial score (nSPS) is 18.5. The van der Waals surface area contributed by atoms with Crippen LogP contribution in [0.4, 0.5) is 0 Å². The minimum atomic E-state index is -0.538. The Morgan fingerprint density at radius 3 is 2.79 bits per heavy atom. The molecule has 1 saturated heterocycles. The Labute approximate surface area is 114 Å². The average Bonchev–Trinajstić information content (AvgIpc) is 2.78. The number of amides is 1. The molecule has 1 aromatic rings. The Morgan fingerprint density at radius 2 is 2.26 bits per heavy atom. The van der Waals surface area contributed by atoms with E-state index in [-0.39, 0.29) is 11.7 Å². The monoisotopic (exact) mass is 255 g/mol. The maximum Gasteiger partial charge on any atom is 0.237 e. The summed E-state index contributed by atoms with van der Waals surface area (Å²) in [4.78, 5) is 26.0. The number of carbonyl (C=O) groups excluding carboxylic acids is 2. The van der Waals surface area contributed by atoms with Crippen LogP contribution >= 0.6 is 0 Å². The van der Waals surface area contributed by atoms with Crippen LogP contribution in [0.1, 0.15) is 22.3 Å². The van der Waals surface area contributed by atoms with Crippen LogP contribution in [0.2, 0.25) is 6.82 Å². The predicted molar refractivity (Wildman–Crippen MR) is 78.2 cm³/mol. The van der Waals surface area contributed by atoms with Gasteiger partial charge < -0.3 is 4.90 Å². The molecule has 2 rings (SSSR count). The third-order valence-electron chi connectivity index (χ3n) is 3.74. The highest BCUT2D eigenvalue weighted by Crippen LogP contribution is 2.23. The van der Waals surface area contributed by atoms with Crippen molar-refractivity contribution in [2.75, 3.05) is 6.54 Å². The lowest BCUT2D eigenvalue weighted by Gasteiger charge is -2.12. The maximum atomic E-state index is 12.5. The van der Waals surface area contributed by atoms with Gasteiger partial charge >= 0.3 is 0 Å². The zero-order valence-electron chi connectivity index (χ0n) is 11.5. The zero-order chi connectivity index (χ0) is 14.0. The van der Waals surface area contributed by atoms with Gasteiger partial charge in [-0.25, -0.2) is 0 Å². The van der Waals surface area contributed by atoms with Crippen molar-refractivity contribution >= 4 is 24.4 Å². The molecule has 1 fully saturated rings. The van der Waals surface area contributed by atoms with Gasteiger partial charge in [0.2, 0.25) is 5.91 Å². The molecule has 4 heteroatoms. The molecule has 1 heterocycles. The van der Waals surface area contributed by atoms with E-state index in [2.05, 4.69) is 13.4 Å². The van der Waals surface area contributed by atoms with E-state index in [0.29, 0.717) is 18.5 Å². The van der Waals surface area contributed by atoms with Gasteiger partial charge in [-0.05, 0) is 25.1 Å². The van der Waals surface area contributed by atoms with Gasteiger partial charge in [0, 0.05) is 12.1 Å². The number of likely N-dealkylation sites (tertiary alicyclic amines) is 1. The zero-order valence-corrected chi connectivity index (χ0v) is 11.5. The van der Waals surface area contributed by atoms with E-state index in [1.54, 1.807) is 0 Å². The molecule has 98 valence electrons. The molecule has 0 saturated carbocycles. The first kappa shape index (κ1) is 13.6. The lowest BCUT2D eigenvalue weighted by Crippen LogP contribution is -2.27. The van der Waals surface area contributed by atoms with Crippen LogP contribution in [0.15, 0.2) is 31.0 Å². The SMILES string of the molecule is C=CN1CCC(C(=O)c2ccc(BC)cc2C)C1=O. The van der Waals surface area contributed by atoms with Crippen molar-refractivity contribution < 1.29 is 9.59 Å². The molecule has 1 aliphatic heterocycles. The second-order valence-electron chi connectivity index (χ2n) is 4.92. The van der Waals surface area contributed by atoms with Crippen molar-refractivity contribution in [3.63, 3.8) is 0 Å². The smallest absolute Gasteiger partial charge is 0.237 e. The Bertz CT molecular complexity index is 539. The van der Waals surface area contributed by atoms with E-state index in [9.17, 15) is 9.59 Å². The van der Waals surface area contributed by atoms with E-state index >= 15 is 0 Å². The first-order valence-electron chi connectivity index (χ1n) is 6.65. The van der Waals surface area contributed by atoms with Crippen LogP contribution in [0.25, 0.3) is 0 Å². The first-order chi connectivity index (χ1) is 9.08. The fourth-order valence-corrected chi connectivity index (χ4v) is 2.54. The van der Waals surface area contributed by atoms with E-state index < -0.39 is 5.92 Å². The summed E-state index contributed by atoms with van der Waals surface area (Å²) in [6, 6.07) is 5.84. The van der Waals surface area contributed by atoms with Crippen molar-refractivity contribution in [2.45, 2.75) is 20.2 Å². The number of hydrogen-bond donors (Lipinski definition) is 0. The van der Waals surface area contributed by atoms with Gasteiger partial charge in [-0.15, -0.1) is 0 Å². The maximum absolute atomic E-state index is 12.5. The van der Waals surface area contributed by atoms with Crippen LogP contribution in [0.3, 0.4) is 0 Å². The van der Waals surface area contributed by atoms with Crippen molar-refractivity contribution in [2.24, 2.45) is 5.92 Å². The molecule has 1 aliphatic rings. The Balaban J connectivity index is 2.25. The third-order valence-corrected chi connectivity index (χ3v) is 3.74. The summed E-state index contributed by atoms with van der Waals surface area (Å²) in [5, 5.41) is 0. The lowest BCUT2D eigenvalue weighted by molar-refractivity contribution is -0.127. The van der Waals surface area contributed by atoms with E-state index in [0.717, 1.165) is 12.8 Å². The van der Waals surface area contributed by atoms with Gasteiger partial charge in [-0.1, -0.05) is 37.1 Å². The number of ketones is 1. The summed E-state index contributed by atoms with van der Waals surface area (Å²) < 4.78 is 0. The number of Topliss-reactive ketones (excluding diaryl/α,β-unsaturated/α-hetero) is 1. The summed E-state index contributed by atoms with van der Waals surface area (Å²) >= 11 is 0. The van der Waals surface area contributed by atoms with Crippen molar-refractivity contribution in [1.82, 2.24) is 4.90 Å². The number of carbonyl (C=O) groups is 2. The van der Waals surface area contributed by atoms with Crippen LogP contribution in [-0.4, -0.2) is 30.4 Å². The molecule has 0 bridgehead atoms. The highest BCUT2D eigenvalue weighted by atomic mass is 16.2. The molecule has 19 heavy (non-hydrogen) atoms. The molecule has 0 N–H and O–H groups in total. The van der Waals surface area contributed by atoms with E-state index in [4.69, 9.17) is 0 Å². The van der Waals surface area contributed by atoms with E-state index in [1.165, 1.54) is 16.6 Å². The lowest BCUT2D eigenvalue weighted by atomic mass is 9.72. The Hall–Kier alpha value is -1.84. The summed E-state index contributed by atoms with van der Waals surface area (Å²) in [6.07, 6.45) is 2.08. The summed E-state index contributed by atoms with van der Waals surface area (Å²) in [5.74, 6) is -0.724. The molecule has 1 amide bonds. The molecule has 0 aromatic heterocycles. The molecule has 0 aliphatic carbocycles. The van der Waals surface area contributed by atoms with Gasteiger partial charge in [0.25, 0.3) is 0 Å². The first-order valence-corrected chi connectivity index (χ1v) is 6.65. The van der Waals surface area contributed by atoms with E-state index in [1.807, 2.05) is 25.1 Å². The minimum Gasteiger partial charge on any atom is -0.319 e. The molecule has 3 nitrogen and oxygen atoms in total. The van der Waals surface area contributed by atoms with Gasteiger partial charge in [-0.3, -0.25) is 9.59 Å². The number of rotatable bonds is 4. The van der Waals surface area contributed by atoms with Crippen molar-refractivity contribution in [3.8, 4) is 0 Å². The highest BCUT2D eigenvalue weighted by molar-refractivity contribution is 6.52. The number of aryl methyl sites for hydroxylation is 1. The topological polar surface area (TPSA) is 37.4 Å². The number of hydrogen-bond acceptors (Lipinski definition) is 2. The summed E-state index contributed by atoms with van der Waals surface area (Å²) in [7, 11) is 0.946. The number of nitrogens with zero attached hydrogens (tertiary/aromatic N) is 1. The van der Waals surface area contributed by atoms with Gasteiger partial charge in [0.05, 0.1) is 0 Å². The number of benzene rings is 1. The quantitative estimate of drug-likeness (QED) is 0.461. The Morgan fingerprint density at radius 1 is 1.53 bits per heavy atom. The fourth-order valence-electron chi connectivity index (χ4n) is 2.54. The van der Waals surface area contributed by atoms with Gasteiger partial charge in [0.15, 0.2) is 13.1 Å². The van der Waals surface area contributed by atoms with Crippen LogP contribution < -0.4 is 5.46 Å². The largest absolute Gasteiger partial charge is 0.319 e. The molecular formula is C15H18BNO2. The van der Waals surface area contributed by atoms with Crippen LogP contribution in [0.5, 0.6) is 0 Å². The molecular weight excluding hydrogens is 237 g/mol. The van der Waals surface area contributed by atoms with Crippen molar-refractivity contribution in [3.05, 3.63) is 42.1 Å². The van der Waals surface area contributed by atoms with Crippen LogP contribution in [-0.2, 0) is 4.79 Å². The van der Waals surface area contributed by atoms with Crippen molar-refractivity contribution in [1.29, 1.82) is 0 Å². The molecule has 1 atom stereocenters. The average molecular weight is 255 g/mol. The predicted octanol–water partition coefficient (Wildman–Crippen LogP) is 1.28.